The van der Waals surface area contributed by atoms with Crippen molar-refractivity contribution in [1.29, 1.82) is 0 Å². The van der Waals surface area contributed by atoms with Crippen molar-refractivity contribution in [2.75, 3.05) is 44.2 Å². The molecule has 0 aromatic heterocycles. The van der Waals surface area contributed by atoms with Gasteiger partial charge in [-0.15, -0.1) is 0 Å². The van der Waals surface area contributed by atoms with Crippen molar-refractivity contribution >= 4 is 11.7 Å². The average Bonchev–Trinajstić information content (AvgIpc) is 2.84. The summed E-state index contributed by atoms with van der Waals surface area (Å²) in [6.07, 6.45) is 3.05. The number of hydrogen-bond acceptors (Lipinski definition) is 3. The van der Waals surface area contributed by atoms with E-state index in [1.807, 2.05) is 19.1 Å². The molecule has 0 saturated carbocycles. The normalized spacial score (nSPS) is 19.7. The number of piperazine rings is 1. The third kappa shape index (κ3) is 6.45. The van der Waals surface area contributed by atoms with Crippen LogP contribution in [0.25, 0.3) is 0 Å². The standard InChI is InChI=1S/C26H32F4N4O/c1-18-16-33(22-14-23(28)25(30)24(29)15-22)12-13-34(18)26(35)31-9-6-19-7-10-32(11-8-19)17-20-2-4-21(27)5-3-20/h2-5,14-15,18-19H,6-13,16-17H2,1H3,(H,31,35)/t18-/m1/s1. The van der Waals surface area contributed by atoms with E-state index in [9.17, 15) is 22.4 Å². The first-order valence-electron chi connectivity index (χ1n) is 12.2. The maximum atomic E-state index is 13.6. The minimum atomic E-state index is -1.47. The smallest absolute Gasteiger partial charge is 0.317 e. The molecule has 2 aromatic carbocycles. The summed E-state index contributed by atoms with van der Waals surface area (Å²) in [4.78, 5) is 18.6. The molecule has 4 rings (SSSR count). The van der Waals surface area contributed by atoms with Crippen molar-refractivity contribution in [3.05, 3.63) is 65.2 Å². The first kappa shape index (κ1) is 25.3. The molecule has 5 nitrogen and oxygen atoms in total. The Kier molecular flexibility index (Phi) is 8.15. The van der Waals surface area contributed by atoms with E-state index in [0.29, 0.717) is 32.1 Å². The first-order valence-corrected chi connectivity index (χ1v) is 12.2. The molecule has 0 spiro atoms. The van der Waals surface area contributed by atoms with Gasteiger partial charge in [0.25, 0.3) is 0 Å². The summed E-state index contributed by atoms with van der Waals surface area (Å²) in [5.74, 6) is -3.57. The Balaban J connectivity index is 1.17. The fourth-order valence-electron chi connectivity index (χ4n) is 4.98. The molecule has 2 heterocycles. The van der Waals surface area contributed by atoms with Crippen LogP contribution in [0.5, 0.6) is 0 Å². The summed E-state index contributed by atoms with van der Waals surface area (Å²) in [6.45, 7) is 6.51. The van der Waals surface area contributed by atoms with Crippen molar-refractivity contribution in [3.63, 3.8) is 0 Å². The lowest BCUT2D eigenvalue weighted by atomic mass is 9.93. The number of amides is 2. The number of halogens is 4. The van der Waals surface area contributed by atoms with Gasteiger partial charge in [0, 0.05) is 56.6 Å². The van der Waals surface area contributed by atoms with Gasteiger partial charge in [0.05, 0.1) is 0 Å². The van der Waals surface area contributed by atoms with E-state index in [1.54, 1.807) is 9.80 Å². The third-order valence-corrected chi connectivity index (χ3v) is 7.08. The number of carbonyl (C=O) groups excluding carboxylic acids is 1. The summed E-state index contributed by atoms with van der Waals surface area (Å²) >= 11 is 0. The second-order valence-electron chi connectivity index (χ2n) is 9.58. The largest absolute Gasteiger partial charge is 0.368 e. The highest BCUT2D eigenvalue weighted by molar-refractivity contribution is 5.75. The Morgan fingerprint density at radius 2 is 1.63 bits per heavy atom. The Morgan fingerprint density at radius 1 is 0.971 bits per heavy atom. The van der Waals surface area contributed by atoms with E-state index in [4.69, 9.17) is 0 Å². The number of nitrogens with one attached hydrogen (secondary N) is 1. The summed E-state index contributed by atoms with van der Waals surface area (Å²) in [6, 6.07) is 8.33. The second kappa shape index (κ2) is 11.3. The monoisotopic (exact) mass is 492 g/mol. The number of urea groups is 1. The van der Waals surface area contributed by atoms with Gasteiger partial charge in [-0.05, 0) is 62.9 Å². The number of piperidine rings is 1. The fourth-order valence-corrected chi connectivity index (χ4v) is 4.98. The number of nitrogens with zero attached hydrogens (tertiary/aromatic N) is 3. The predicted octanol–water partition coefficient (Wildman–Crippen LogP) is 4.77. The fraction of sp³-hybridized carbons (Fsp3) is 0.500. The van der Waals surface area contributed by atoms with Gasteiger partial charge in [0.1, 0.15) is 5.82 Å². The van der Waals surface area contributed by atoms with Crippen molar-refractivity contribution in [1.82, 2.24) is 15.1 Å². The zero-order valence-corrected chi connectivity index (χ0v) is 20.0. The van der Waals surface area contributed by atoms with Gasteiger partial charge in [-0.25, -0.2) is 22.4 Å². The van der Waals surface area contributed by atoms with E-state index in [1.165, 1.54) is 12.1 Å². The molecule has 2 fully saturated rings. The molecule has 2 aromatic rings. The number of benzene rings is 2. The topological polar surface area (TPSA) is 38.8 Å². The first-order chi connectivity index (χ1) is 16.8. The quantitative estimate of drug-likeness (QED) is 0.467. The molecular weight excluding hydrogens is 460 g/mol. The van der Waals surface area contributed by atoms with Crippen LogP contribution in [0.4, 0.5) is 28.0 Å². The van der Waals surface area contributed by atoms with Crippen LogP contribution in [0.1, 0.15) is 31.7 Å². The molecular formula is C26H32F4N4O. The van der Waals surface area contributed by atoms with Crippen molar-refractivity contribution in [3.8, 4) is 0 Å². The molecule has 35 heavy (non-hydrogen) atoms. The summed E-state index contributed by atoms with van der Waals surface area (Å²) in [5, 5.41) is 3.02. The lowest BCUT2D eigenvalue weighted by Gasteiger charge is -2.41. The van der Waals surface area contributed by atoms with Crippen LogP contribution in [0.3, 0.4) is 0 Å². The summed E-state index contributed by atoms with van der Waals surface area (Å²) < 4.78 is 53.5. The van der Waals surface area contributed by atoms with Gasteiger partial charge in [0.15, 0.2) is 17.5 Å². The van der Waals surface area contributed by atoms with E-state index in [-0.39, 0.29) is 23.6 Å². The molecule has 1 N–H and O–H groups in total. The Labute approximate surface area is 203 Å². The van der Waals surface area contributed by atoms with Gasteiger partial charge >= 0.3 is 6.03 Å². The van der Waals surface area contributed by atoms with Crippen LogP contribution in [0.2, 0.25) is 0 Å². The van der Waals surface area contributed by atoms with E-state index in [0.717, 1.165) is 56.6 Å². The SMILES string of the molecule is C[C@@H]1CN(c2cc(F)c(F)c(F)c2)CCN1C(=O)NCCC1CCN(Cc2ccc(F)cc2)CC1. The van der Waals surface area contributed by atoms with Gasteiger partial charge in [-0.3, -0.25) is 4.90 Å². The number of anilines is 1. The summed E-state index contributed by atoms with van der Waals surface area (Å²) in [7, 11) is 0. The van der Waals surface area contributed by atoms with Crippen molar-refractivity contribution in [2.24, 2.45) is 5.92 Å². The lowest BCUT2D eigenvalue weighted by Crippen LogP contribution is -2.56. The number of likely N-dealkylation sites (tertiary alicyclic amines) is 1. The highest BCUT2D eigenvalue weighted by Crippen LogP contribution is 2.24. The van der Waals surface area contributed by atoms with E-state index >= 15 is 0 Å². The van der Waals surface area contributed by atoms with Crippen LogP contribution in [-0.2, 0) is 6.54 Å². The minimum absolute atomic E-state index is 0.137. The number of carbonyl (C=O) groups is 1. The molecule has 2 amide bonds. The zero-order chi connectivity index (χ0) is 24.9. The average molecular weight is 493 g/mol. The Bertz CT molecular complexity index is 988. The molecule has 2 aliphatic rings. The lowest BCUT2D eigenvalue weighted by molar-refractivity contribution is 0.162. The van der Waals surface area contributed by atoms with E-state index < -0.39 is 17.5 Å². The van der Waals surface area contributed by atoms with Gasteiger partial charge in [-0.2, -0.15) is 0 Å². The molecule has 1 atom stereocenters. The molecule has 0 aliphatic carbocycles. The van der Waals surface area contributed by atoms with Crippen LogP contribution >= 0.6 is 0 Å². The van der Waals surface area contributed by atoms with Gasteiger partial charge in [0.2, 0.25) is 0 Å². The molecule has 9 heteroatoms. The molecule has 0 unspecified atom stereocenters. The van der Waals surface area contributed by atoms with Gasteiger partial charge < -0.3 is 15.1 Å². The summed E-state index contributed by atoms with van der Waals surface area (Å²) in [5.41, 5.74) is 1.39. The zero-order valence-electron chi connectivity index (χ0n) is 20.0. The molecule has 2 saturated heterocycles. The van der Waals surface area contributed by atoms with E-state index in [2.05, 4.69) is 10.2 Å². The van der Waals surface area contributed by atoms with Gasteiger partial charge in [-0.1, -0.05) is 12.1 Å². The Hall–Kier alpha value is -2.81. The minimum Gasteiger partial charge on any atom is -0.368 e. The highest BCUT2D eigenvalue weighted by Gasteiger charge is 2.28. The Morgan fingerprint density at radius 3 is 2.26 bits per heavy atom. The second-order valence-corrected chi connectivity index (χ2v) is 9.58. The maximum absolute atomic E-state index is 13.6. The van der Waals surface area contributed by atoms with Crippen molar-refractivity contribution < 1.29 is 22.4 Å². The van der Waals surface area contributed by atoms with Crippen LogP contribution in [0.15, 0.2) is 36.4 Å². The number of hydrogen-bond donors (Lipinski definition) is 1. The van der Waals surface area contributed by atoms with Crippen LogP contribution < -0.4 is 10.2 Å². The molecule has 0 bridgehead atoms. The van der Waals surface area contributed by atoms with Crippen LogP contribution in [0, 0.1) is 29.2 Å². The molecule has 0 radical (unpaired) electrons. The highest BCUT2D eigenvalue weighted by atomic mass is 19.2. The number of rotatable bonds is 6. The maximum Gasteiger partial charge on any atom is 0.317 e. The molecule has 190 valence electrons. The van der Waals surface area contributed by atoms with Crippen LogP contribution in [-0.4, -0.2) is 61.1 Å². The molecule has 2 aliphatic heterocycles. The third-order valence-electron chi connectivity index (χ3n) is 7.08. The van der Waals surface area contributed by atoms with Crippen molar-refractivity contribution in [2.45, 2.75) is 38.8 Å². The predicted molar refractivity (Wildman–Crippen MR) is 127 cm³/mol.